The topological polar surface area (TPSA) is 83.7 Å². The van der Waals surface area contributed by atoms with Crippen molar-refractivity contribution in [1.82, 2.24) is 9.80 Å². The van der Waals surface area contributed by atoms with Crippen molar-refractivity contribution in [3.63, 3.8) is 0 Å². The van der Waals surface area contributed by atoms with Crippen LogP contribution >= 0.6 is 0 Å². The highest BCUT2D eigenvalue weighted by Gasteiger charge is 2.26. The van der Waals surface area contributed by atoms with Crippen molar-refractivity contribution in [3.05, 3.63) is 0 Å². The van der Waals surface area contributed by atoms with Crippen molar-refractivity contribution in [3.8, 4) is 0 Å². The summed E-state index contributed by atoms with van der Waals surface area (Å²) in [4.78, 5) is 36.9. The molecule has 3 amide bonds. The number of hydrogen-bond donors (Lipinski definition) is 1. The van der Waals surface area contributed by atoms with Gasteiger partial charge in [0.25, 0.3) is 0 Å². The highest BCUT2D eigenvalue weighted by atomic mass is 16.2. The van der Waals surface area contributed by atoms with Crippen molar-refractivity contribution in [1.29, 1.82) is 0 Å². The zero-order valence-electron chi connectivity index (χ0n) is 10.7. The second-order valence-electron chi connectivity index (χ2n) is 3.84. The minimum absolute atomic E-state index is 0.0710. The summed E-state index contributed by atoms with van der Waals surface area (Å²) in [6, 6.07) is 0. The minimum Gasteiger partial charge on any atom is -0.337 e. The Labute approximate surface area is 102 Å². The van der Waals surface area contributed by atoms with Gasteiger partial charge in [0.05, 0.1) is 0 Å². The molecule has 0 heterocycles. The Morgan fingerprint density at radius 3 is 2.12 bits per heavy atom. The minimum atomic E-state index is -0.804. The molecule has 6 nitrogen and oxygen atoms in total. The van der Waals surface area contributed by atoms with E-state index < -0.39 is 17.7 Å². The molecule has 0 aromatic heterocycles. The number of nitrogens with zero attached hydrogens (tertiary/aromatic N) is 2. The number of likely N-dealkylation sites (N-methyl/N-ethyl adjacent to an activating group) is 1. The van der Waals surface area contributed by atoms with E-state index in [4.69, 9.17) is 5.73 Å². The first-order chi connectivity index (χ1) is 7.95. The monoisotopic (exact) mass is 243 g/mol. The summed E-state index contributed by atoms with van der Waals surface area (Å²) in [5.74, 6) is -1.93. The van der Waals surface area contributed by atoms with E-state index in [0.29, 0.717) is 6.54 Å². The maximum Gasteiger partial charge on any atom is 0.318 e. The van der Waals surface area contributed by atoms with Crippen molar-refractivity contribution in [2.75, 3.05) is 26.7 Å². The fourth-order valence-corrected chi connectivity index (χ4v) is 1.31. The molecule has 98 valence electrons. The number of imide groups is 1. The molecule has 0 aliphatic rings. The Bertz CT molecular complexity index is 292. The maximum atomic E-state index is 11.7. The first-order valence-corrected chi connectivity index (χ1v) is 5.73. The second-order valence-corrected chi connectivity index (χ2v) is 3.84. The van der Waals surface area contributed by atoms with Crippen LogP contribution in [0.25, 0.3) is 0 Å². The lowest BCUT2D eigenvalue weighted by atomic mass is 10.3. The largest absolute Gasteiger partial charge is 0.337 e. The fraction of sp³-hybridized carbons (Fsp3) is 0.727. The molecule has 2 N–H and O–H groups in total. The van der Waals surface area contributed by atoms with E-state index in [1.807, 2.05) is 6.92 Å². The molecule has 0 aliphatic heterocycles. The van der Waals surface area contributed by atoms with Crippen molar-refractivity contribution in [2.24, 2.45) is 5.73 Å². The highest BCUT2D eigenvalue weighted by molar-refractivity contribution is 6.37. The molecule has 0 aromatic carbocycles. The van der Waals surface area contributed by atoms with Crippen LogP contribution in [-0.2, 0) is 14.4 Å². The smallest absolute Gasteiger partial charge is 0.318 e. The van der Waals surface area contributed by atoms with Gasteiger partial charge in [0.2, 0.25) is 5.91 Å². The summed E-state index contributed by atoms with van der Waals surface area (Å²) in [6.45, 7) is 3.97. The SMILES string of the molecule is CCCCN(C)C(=O)C(=O)N(CCN)C(C)=O. The second kappa shape index (κ2) is 7.78. The molecule has 0 fully saturated rings. The molecule has 0 radical (unpaired) electrons. The predicted octanol–water partition coefficient (Wildman–Crippen LogP) is -0.421. The van der Waals surface area contributed by atoms with Gasteiger partial charge in [-0.2, -0.15) is 0 Å². The van der Waals surface area contributed by atoms with Gasteiger partial charge in [0.1, 0.15) is 0 Å². The summed E-state index contributed by atoms with van der Waals surface area (Å²) in [6.07, 6.45) is 1.76. The normalized spacial score (nSPS) is 9.88. The Balaban J connectivity index is 4.54. The molecular weight excluding hydrogens is 222 g/mol. The Morgan fingerprint density at radius 2 is 1.71 bits per heavy atom. The summed E-state index contributed by atoms with van der Waals surface area (Å²) in [5.41, 5.74) is 5.29. The van der Waals surface area contributed by atoms with E-state index in [0.717, 1.165) is 17.7 Å². The number of amides is 3. The van der Waals surface area contributed by atoms with Crippen LogP contribution in [0.15, 0.2) is 0 Å². The number of nitrogens with two attached hydrogens (primary N) is 1. The van der Waals surface area contributed by atoms with Gasteiger partial charge in [0.15, 0.2) is 0 Å². The first-order valence-electron chi connectivity index (χ1n) is 5.73. The maximum absolute atomic E-state index is 11.7. The molecule has 0 atom stereocenters. The molecule has 0 saturated carbocycles. The van der Waals surface area contributed by atoms with Crippen LogP contribution in [-0.4, -0.2) is 54.2 Å². The quantitative estimate of drug-likeness (QED) is 0.665. The predicted molar refractivity (Wildman–Crippen MR) is 64.0 cm³/mol. The summed E-state index contributed by atoms with van der Waals surface area (Å²) >= 11 is 0. The standard InChI is InChI=1S/C11H21N3O3/c1-4-5-7-13(3)10(16)11(17)14(8-6-12)9(2)15/h4-8,12H2,1-3H3. The van der Waals surface area contributed by atoms with E-state index in [2.05, 4.69) is 0 Å². The summed E-state index contributed by atoms with van der Waals surface area (Å²) in [7, 11) is 1.55. The van der Waals surface area contributed by atoms with Gasteiger partial charge in [-0.05, 0) is 6.42 Å². The third-order valence-corrected chi connectivity index (χ3v) is 2.35. The first kappa shape index (κ1) is 15.6. The Kier molecular flexibility index (Phi) is 7.13. The van der Waals surface area contributed by atoms with Crippen LogP contribution in [0, 0.1) is 0 Å². The molecule has 17 heavy (non-hydrogen) atoms. The van der Waals surface area contributed by atoms with Gasteiger partial charge >= 0.3 is 11.8 Å². The van der Waals surface area contributed by atoms with Crippen molar-refractivity contribution >= 4 is 17.7 Å². The van der Waals surface area contributed by atoms with Gasteiger partial charge in [-0.1, -0.05) is 13.3 Å². The van der Waals surface area contributed by atoms with Crippen LogP contribution in [0.4, 0.5) is 0 Å². The van der Waals surface area contributed by atoms with E-state index in [1.165, 1.54) is 11.8 Å². The third-order valence-electron chi connectivity index (χ3n) is 2.35. The lowest BCUT2D eigenvalue weighted by Crippen LogP contribution is -2.47. The van der Waals surface area contributed by atoms with Crippen LogP contribution in [0.5, 0.6) is 0 Å². The average molecular weight is 243 g/mol. The molecule has 0 unspecified atom stereocenters. The van der Waals surface area contributed by atoms with Gasteiger partial charge in [-0.15, -0.1) is 0 Å². The van der Waals surface area contributed by atoms with E-state index in [9.17, 15) is 14.4 Å². The molecule has 0 aromatic rings. The summed E-state index contributed by atoms with van der Waals surface area (Å²) < 4.78 is 0. The zero-order valence-corrected chi connectivity index (χ0v) is 10.7. The number of carbonyl (C=O) groups excluding carboxylic acids is 3. The molecule has 0 rings (SSSR count). The fourth-order valence-electron chi connectivity index (χ4n) is 1.31. The number of unbranched alkanes of at least 4 members (excludes halogenated alkanes) is 1. The molecule has 0 aliphatic carbocycles. The Hall–Kier alpha value is -1.43. The molecule has 0 spiro atoms. The molecular formula is C11H21N3O3. The lowest BCUT2D eigenvalue weighted by Gasteiger charge is -2.21. The van der Waals surface area contributed by atoms with Gasteiger partial charge < -0.3 is 10.6 Å². The van der Waals surface area contributed by atoms with Crippen molar-refractivity contribution < 1.29 is 14.4 Å². The lowest BCUT2D eigenvalue weighted by molar-refractivity contribution is -0.155. The molecule has 6 heteroatoms. The molecule has 0 saturated heterocycles. The Morgan fingerprint density at radius 1 is 1.12 bits per heavy atom. The van der Waals surface area contributed by atoms with Gasteiger partial charge in [-0.25, -0.2) is 0 Å². The van der Waals surface area contributed by atoms with Gasteiger partial charge in [-0.3, -0.25) is 19.3 Å². The van der Waals surface area contributed by atoms with Crippen LogP contribution in [0.2, 0.25) is 0 Å². The number of hydrogen-bond acceptors (Lipinski definition) is 4. The highest BCUT2D eigenvalue weighted by Crippen LogP contribution is 1.98. The number of rotatable bonds is 5. The van der Waals surface area contributed by atoms with E-state index >= 15 is 0 Å². The summed E-state index contributed by atoms with van der Waals surface area (Å²) in [5, 5.41) is 0. The van der Waals surface area contributed by atoms with Crippen LogP contribution in [0.1, 0.15) is 26.7 Å². The van der Waals surface area contributed by atoms with Gasteiger partial charge in [0, 0.05) is 33.6 Å². The van der Waals surface area contributed by atoms with E-state index in [1.54, 1.807) is 7.05 Å². The van der Waals surface area contributed by atoms with Crippen LogP contribution in [0.3, 0.4) is 0 Å². The van der Waals surface area contributed by atoms with Crippen molar-refractivity contribution in [2.45, 2.75) is 26.7 Å². The third kappa shape index (κ3) is 4.95. The number of carbonyl (C=O) groups is 3. The van der Waals surface area contributed by atoms with E-state index in [-0.39, 0.29) is 13.1 Å². The average Bonchev–Trinajstić information content (AvgIpc) is 2.30. The molecule has 0 bridgehead atoms. The van der Waals surface area contributed by atoms with Crippen LogP contribution < -0.4 is 5.73 Å². The zero-order chi connectivity index (χ0) is 13.4.